The van der Waals surface area contributed by atoms with Gasteiger partial charge in [-0.1, -0.05) is 30.3 Å². The molecular weight excluding hydrogens is 434 g/mol. The highest BCUT2D eigenvalue weighted by molar-refractivity contribution is 6.10. The molecule has 2 aliphatic heterocycles. The van der Waals surface area contributed by atoms with Gasteiger partial charge in [0.25, 0.3) is 0 Å². The molecule has 0 unspecified atom stereocenters. The number of hydrogen-bond acceptors (Lipinski definition) is 6. The van der Waals surface area contributed by atoms with Gasteiger partial charge in [0.15, 0.2) is 0 Å². The number of carbonyl (C=O) groups excluding carboxylic acids is 3. The van der Waals surface area contributed by atoms with Crippen LogP contribution >= 0.6 is 0 Å². The molecule has 34 heavy (non-hydrogen) atoms. The summed E-state index contributed by atoms with van der Waals surface area (Å²) in [6, 6.07) is 12.7. The van der Waals surface area contributed by atoms with Gasteiger partial charge in [0.1, 0.15) is 5.75 Å². The fraction of sp³-hybridized carbons (Fsp3) is 0.462. The Hall–Kier alpha value is -3.26. The summed E-state index contributed by atoms with van der Waals surface area (Å²) in [6.07, 6.45) is 5.38. The van der Waals surface area contributed by atoms with Crippen LogP contribution in [-0.4, -0.2) is 70.5 Å². The van der Waals surface area contributed by atoms with Crippen molar-refractivity contribution in [3.63, 3.8) is 0 Å². The van der Waals surface area contributed by atoms with Crippen LogP contribution in [0.3, 0.4) is 0 Å². The van der Waals surface area contributed by atoms with E-state index in [1.165, 1.54) is 4.90 Å². The van der Waals surface area contributed by atoms with E-state index >= 15 is 0 Å². The summed E-state index contributed by atoms with van der Waals surface area (Å²) < 4.78 is 5.64. The van der Waals surface area contributed by atoms with E-state index in [9.17, 15) is 19.5 Å². The maximum absolute atomic E-state index is 13.7. The molecule has 2 fully saturated rings. The molecule has 0 bridgehead atoms. The molecule has 0 saturated carbocycles. The average Bonchev–Trinajstić information content (AvgIpc) is 3.12. The lowest BCUT2D eigenvalue weighted by molar-refractivity contribution is -0.143. The number of benzene rings is 1. The molecular formula is C26H31N3O5. The Morgan fingerprint density at radius 1 is 1.18 bits per heavy atom. The number of aliphatic hydroxyl groups is 1. The van der Waals surface area contributed by atoms with Crippen molar-refractivity contribution in [2.24, 2.45) is 5.92 Å². The number of pyridine rings is 1. The molecule has 3 heterocycles. The number of carbonyl (C=O) groups is 3. The van der Waals surface area contributed by atoms with Gasteiger partial charge in [-0.05, 0) is 42.9 Å². The van der Waals surface area contributed by atoms with Gasteiger partial charge in [0, 0.05) is 45.3 Å². The molecule has 2 atom stereocenters. The number of rotatable bonds is 9. The molecule has 0 spiro atoms. The zero-order valence-corrected chi connectivity index (χ0v) is 19.3. The SMILES string of the molecule is O=C(C[C@]1(c2ccccc2)CC(=O)N(CCCOc2cccnc2)C1=O)N1CCC[C@@H](CO)C1. The zero-order chi connectivity index (χ0) is 24.0. The van der Waals surface area contributed by atoms with Crippen molar-refractivity contribution < 1.29 is 24.2 Å². The summed E-state index contributed by atoms with van der Waals surface area (Å²) in [7, 11) is 0. The number of ether oxygens (including phenoxy) is 1. The van der Waals surface area contributed by atoms with E-state index in [4.69, 9.17) is 4.74 Å². The van der Waals surface area contributed by atoms with Crippen molar-refractivity contribution in [3.8, 4) is 5.75 Å². The van der Waals surface area contributed by atoms with Crippen molar-refractivity contribution in [2.45, 2.75) is 37.5 Å². The Morgan fingerprint density at radius 2 is 2.00 bits per heavy atom. The van der Waals surface area contributed by atoms with Crippen LogP contribution in [0.1, 0.15) is 37.7 Å². The van der Waals surface area contributed by atoms with Crippen LogP contribution in [0, 0.1) is 5.92 Å². The topological polar surface area (TPSA) is 100 Å². The van der Waals surface area contributed by atoms with Gasteiger partial charge in [0.2, 0.25) is 17.7 Å². The first-order chi connectivity index (χ1) is 16.5. The third-order valence-electron chi connectivity index (χ3n) is 6.75. The fourth-order valence-corrected chi connectivity index (χ4v) is 4.91. The van der Waals surface area contributed by atoms with Crippen LogP contribution in [0.2, 0.25) is 0 Å². The molecule has 2 aliphatic rings. The smallest absolute Gasteiger partial charge is 0.240 e. The second-order valence-corrected chi connectivity index (χ2v) is 9.07. The third-order valence-corrected chi connectivity index (χ3v) is 6.75. The van der Waals surface area contributed by atoms with Gasteiger partial charge >= 0.3 is 0 Å². The quantitative estimate of drug-likeness (QED) is 0.450. The largest absolute Gasteiger partial charge is 0.492 e. The predicted molar refractivity (Wildman–Crippen MR) is 125 cm³/mol. The Labute approximate surface area is 199 Å². The number of amides is 3. The number of likely N-dealkylation sites (tertiary alicyclic amines) is 2. The van der Waals surface area contributed by atoms with Crippen LogP contribution in [0.4, 0.5) is 0 Å². The summed E-state index contributed by atoms with van der Waals surface area (Å²) in [4.78, 5) is 47.0. The Kier molecular flexibility index (Phi) is 7.57. The minimum Gasteiger partial charge on any atom is -0.492 e. The minimum absolute atomic E-state index is 0.0255. The van der Waals surface area contributed by atoms with Crippen molar-refractivity contribution in [1.29, 1.82) is 0 Å². The number of imide groups is 1. The van der Waals surface area contributed by atoms with Gasteiger partial charge in [-0.2, -0.15) is 0 Å². The highest BCUT2D eigenvalue weighted by atomic mass is 16.5. The van der Waals surface area contributed by atoms with Crippen molar-refractivity contribution >= 4 is 17.7 Å². The molecule has 1 N–H and O–H groups in total. The van der Waals surface area contributed by atoms with Crippen LogP contribution in [0.25, 0.3) is 0 Å². The van der Waals surface area contributed by atoms with Gasteiger partial charge < -0.3 is 14.7 Å². The number of nitrogens with zero attached hydrogens (tertiary/aromatic N) is 3. The predicted octanol–water partition coefficient (Wildman–Crippen LogP) is 2.17. The third kappa shape index (κ3) is 5.12. The fourth-order valence-electron chi connectivity index (χ4n) is 4.91. The molecule has 1 aromatic heterocycles. The summed E-state index contributed by atoms with van der Waals surface area (Å²) in [6.45, 7) is 1.71. The second kappa shape index (κ2) is 10.8. The van der Waals surface area contributed by atoms with Crippen LogP contribution in [0.15, 0.2) is 54.9 Å². The second-order valence-electron chi connectivity index (χ2n) is 9.07. The van der Waals surface area contributed by atoms with Crippen LogP contribution in [-0.2, 0) is 19.8 Å². The number of piperidine rings is 1. The molecule has 4 rings (SSSR count). The molecule has 8 heteroatoms. The van der Waals surface area contributed by atoms with Crippen molar-refractivity contribution in [3.05, 3.63) is 60.4 Å². The van der Waals surface area contributed by atoms with Gasteiger partial charge in [-0.3, -0.25) is 24.3 Å². The van der Waals surface area contributed by atoms with Crippen molar-refractivity contribution in [1.82, 2.24) is 14.8 Å². The Morgan fingerprint density at radius 3 is 2.74 bits per heavy atom. The molecule has 3 amide bonds. The maximum Gasteiger partial charge on any atom is 0.240 e. The Bertz CT molecular complexity index is 1000. The van der Waals surface area contributed by atoms with E-state index in [-0.39, 0.29) is 49.6 Å². The highest BCUT2D eigenvalue weighted by Gasteiger charge is 2.54. The number of hydrogen-bond donors (Lipinski definition) is 1. The molecule has 0 radical (unpaired) electrons. The molecule has 1 aromatic carbocycles. The molecule has 8 nitrogen and oxygen atoms in total. The summed E-state index contributed by atoms with van der Waals surface area (Å²) in [5.74, 6) is -0.0508. The van der Waals surface area contributed by atoms with E-state index < -0.39 is 5.41 Å². The van der Waals surface area contributed by atoms with Gasteiger partial charge in [0.05, 0.1) is 18.2 Å². The molecule has 2 saturated heterocycles. The average molecular weight is 466 g/mol. The summed E-state index contributed by atoms with van der Waals surface area (Å²) in [5.41, 5.74) is -0.516. The first kappa shape index (κ1) is 23.9. The number of aliphatic hydroxyl groups excluding tert-OH is 1. The highest BCUT2D eigenvalue weighted by Crippen LogP contribution is 2.40. The first-order valence-corrected chi connectivity index (χ1v) is 11.9. The van der Waals surface area contributed by atoms with Crippen LogP contribution < -0.4 is 4.74 Å². The molecule has 0 aliphatic carbocycles. The Balaban J connectivity index is 1.47. The minimum atomic E-state index is -1.20. The van der Waals surface area contributed by atoms with E-state index in [2.05, 4.69) is 4.98 Å². The van der Waals surface area contributed by atoms with E-state index in [0.29, 0.717) is 37.4 Å². The maximum atomic E-state index is 13.7. The summed E-state index contributed by atoms with van der Waals surface area (Å²) in [5, 5.41) is 9.53. The monoisotopic (exact) mass is 465 g/mol. The lowest BCUT2D eigenvalue weighted by Crippen LogP contribution is -2.46. The van der Waals surface area contributed by atoms with Crippen LogP contribution in [0.5, 0.6) is 5.75 Å². The van der Waals surface area contributed by atoms with Gasteiger partial charge in [-0.25, -0.2) is 0 Å². The molecule has 2 aromatic rings. The van der Waals surface area contributed by atoms with Crippen molar-refractivity contribution in [2.75, 3.05) is 32.8 Å². The number of aromatic nitrogens is 1. The zero-order valence-electron chi connectivity index (χ0n) is 19.3. The van der Waals surface area contributed by atoms with E-state index in [0.717, 1.165) is 12.8 Å². The van der Waals surface area contributed by atoms with E-state index in [1.807, 2.05) is 30.3 Å². The standard InChI is InChI=1S/C26H31N3O5/c30-19-20-7-5-12-28(18-20)23(31)15-26(21-8-2-1-3-9-21)16-24(32)29(25(26)33)13-6-14-34-22-10-4-11-27-17-22/h1-4,8-11,17,20,30H,5-7,12-16,18-19H2/t20-,26-/m1/s1. The lowest BCUT2D eigenvalue weighted by Gasteiger charge is -2.35. The van der Waals surface area contributed by atoms with E-state index in [1.54, 1.807) is 29.4 Å². The molecule has 180 valence electrons. The summed E-state index contributed by atoms with van der Waals surface area (Å²) >= 11 is 0. The lowest BCUT2D eigenvalue weighted by atomic mass is 9.75. The van der Waals surface area contributed by atoms with Gasteiger partial charge in [-0.15, -0.1) is 0 Å². The normalized spacial score (nSPS) is 22.8. The first-order valence-electron chi connectivity index (χ1n) is 11.9.